The normalized spacial score (nSPS) is 13.8. The van der Waals surface area contributed by atoms with Crippen molar-refractivity contribution in [3.8, 4) is 17.1 Å². The van der Waals surface area contributed by atoms with Crippen molar-refractivity contribution in [2.75, 3.05) is 25.0 Å². The number of urea groups is 1. The van der Waals surface area contributed by atoms with Crippen molar-refractivity contribution >= 4 is 11.7 Å². The summed E-state index contributed by atoms with van der Waals surface area (Å²) in [5, 5.41) is 6.91. The summed E-state index contributed by atoms with van der Waals surface area (Å²) in [5.41, 5.74) is 1.50. The Hall–Kier alpha value is -3.42. The highest BCUT2D eigenvalue weighted by Gasteiger charge is 2.32. The van der Waals surface area contributed by atoms with Gasteiger partial charge in [-0.15, -0.1) is 0 Å². The molecule has 1 fully saturated rings. The quantitative estimate of drug-likeness (QED) is 0.707. The molecular formula is C20H21N5O3. The molecule has 1 aliphatic rings. The second-order valence-electron chi connectivity index (χ2n) is 6.59. The second-order valence-corrected chi connectivity index (χ2v) is 6.59. The first-order chi connectivity index (χ1) is 13.7. The van der Waals surface area contributed by atoms with E-state index in [1.54, 1.807) is 17.3 Å². The van der Waals surface area contributed by atoms with Crippen LogP contribution < -0.4 is 10.1 Å². The molecule has 8 heteroatoms. The zero-order valence-electron chi connectivity index (χ0n) is 15.5. The summed E-state index contributed by atoms with van der Waals surface area (Å²) in [6.45, 7) is 3.75. The third-order valence-electron chi connectivity index (χ3n) is 4.52. The van der Waals surface area contributed by atoms with Crippen molar-refractivity contribution in [3.63, 3.8) is 0 Å². The molecule has 1 saturated heterocycles. The lowest BCUT2D eigenvalue weighted by Crippen LogP contribution is -2.52. The van der Waals surface area contributed by atoms with Crippen molar-refractivity contribution in [2.24, 2.45) is 5.92 Å². The Morgan fingerprint density at radius 3 is 2.93 bits per heavy atom. The van der Waals surface area contributed by atoms with Crippen LogP contribution in [0, 0.1) is 5.92 Å². The van der Waals surface area contributed by atoms with Gasteiger partial charge in [0, 0.05) is 43.4 Å². The van der Waals surface area contributed by atoms with E-state index in [1.807, 2.05) is 43.3 Å². The second kappa shape index (κ2) is 8.08. The number of rotatable bonds is 6. The minimum absolute atomic E-state index is 0.134. The van der Waals surface area contributed by atoms with E-state index in [-0.39, 0.29) is 6.03 Å². The van der Waals surface area contributed by atoms with Crippen molar-refractivity contribution in [1.82, 2.24) is 20.0 Å². The van der Waals surface area contributed by atoms with Crippen LogP contribution in [0.2, 0.25) is 0 Å². The number of carbonyl (C=O) groups is 1. The molecule has 0 unspecified atom stereocenters. The lowest BCUT2D eigenvalue weighted by Gasteiger charge is -2.38. The predicted molar refractivity (Wildman–Crippen MR) is 103 cm³/mol. The largest absolute Gasteiger partial charge is 0.492 e. The summed E-state index contributed by atoms with van der Waals surface area (Å²) in [5.74, 6) is 2.08. The van der Waals surface area contributed by atoms with E-state index in [0.29, 0.717) is 55.2 Å². The third kappa shape index (κ3) is 3.95. The average molecular weight is 379 g/mol. The number of hydrogen-bond acceptors (Lipinski definition) is 6. The average Bonchev–Trinajstić information content (AvgIpc) is 3.15. The van der Waals surface area contributed by atoms with Gasteiger partial charge in [-0.3, -0.25) is 4.98 Å². The SMILES string of the molecule is CCOc1ccccc1NC(=O)N1CC(Cc2nc(-c3cccnc3)no2)C1. The van der Waals surface area contributed by atoms with Crippen LogP contribution in [0.4, 0.5) is 10.5 Å². The maximum Gasteiger partial charge on any atom is 0.321 e. The molecule has 1 aromatic carbocycles. The summed E-state index contributed by atoms with van der Waals surface area (Å²) in [6.07, 6.45) is 4.04. The molecular weight excluding hydrogens is 358 g/mol. The zero-order chi connectivity index (χ0) is 19.3. The summed E-state index contributed by atoms with van der Waals surface area (Å²) in [7, 11) is 0. The summed E-state index contributed by atoms with van der Waals surface area (Å²) in [6, 6.07) is 11.0. The number of likely N-dealkylation sites (tertiary alicyclic amines) is 1. The minimum Gasteiger partial charge on any atom is -0.492 e. The zero-order valence-corrected chi connectivity index (χ0v) is 15.5. The van der Waals surface area contributed by atoms with Gasteiger partial charge in [0.25, 0.3) is 0 Å². The van der Waals surface area contributed by atoms with Crippen LogP contribution in [0.1, 0.15) is 12.8 Å². The van der Waals surface area contributed by atoms with Crippen LogP contribution in [0.25, 0.3) is 11.4 Å². The monoisotopic (exact) mass is 379 g/mol. The molecule has 1 N–H and O–H groups in total. The molecule has 144 valence electrons. The molecule has 4 rings (SSSR count). The van der Waals surface area contributed by atoms with E-state index in [2.05, 4.69) is 20.4 Å². The number of benzene rings is 1. The Kier molecular flexibility index (Phi) is 5.18. The number of amides is 2. The minimum atomic E-state index is -0.134. The topological polar surface area (TPSA) is 93.4 Å². The fraction of sp³-hybridized carbons (Fsp3) is 0.300. The number of para-hydroxylation sites is 2. The van der Waals surface area contributed by atoms with Gasteiger partial charge in [0.1, 0.15) is 5.75 Å². The van der Waals surface area contributed by atoms with E-state index in [0.717, 1.165) is 5.56 Å². The van der Waals surface area contributed by atoms with Crippen LogP contribution in [0.5, 0.6) is 5.75 Å². The number of pyridine rings is 1. The molecule has 0 spiro atoms. The highest BCUT2D eigenvalue weighted by Crippen LogP contribution is 2.26. The van der Waals surface area contributed by atoms with Gasteiger partial charge in [-0.1, -0.05) is 17.3 Å². The van der Waals surface area contributed by atoms with Crippen molar-refractivity contribution < 1.29 is 14.1 Å². The fourth-order valence-corrected chi connectivity index (χ4v) is 3.11. The first-order valence-corrected chi connectivity index (χ1v) is 9.23. The summed E-state index contributed by atoms with van der Waals surface area (Å²) in [4.78, 5) is 22.7. The first kappa shape index (κ1) is 18.0. The highest BCUT2D eigenvalue weighted by atomic mass is 16.5. The number of carbonyl (C=O) groups excluding carboxylic acids is 1. The Labute approximate surface area is 162 Å². The lowest BCUT2D eigenvalue weighted by molar-refractivity contribution is 0.125. The maximum absolute atomic E-state index is 12.4. The number of nitrogens with one attached hydrogen (secondary N) is 1. The van der Waals surface area contributed by atoms with Crippen molar-refractivity contribution in [2.45, 2.75) is 13.3 Å². The molecule has 0 radical (unpaired) electrons. The molecule has 28 heavy (non-hydrogen) atoms. The maximum atomic E-state index is 12.4. The Bertz CT molecular complexity index is 938. The van der Waals surface area contributed by atoms with Crippen LogP contribution in [-0.4, -0.2) is 45.8 Å². The fourth-order valence-electron chi connectivity index (χ4n) is 3.11. The molecule has 0 aliphatic carbocycles. The number of ether oxygens (including phenoxy) is 1. The van der Waals surface area contributed by atoms with E-state index in [9.17, 15) is 4.79 Å². The van der Waals surface area contributed by atoms with Gasteiger partial charge >= 0.3 is 6.03 Å². The van der Waals surface area contributed by atoms with Crippen molar-refractivity contribution in [3.05, 3.63) is 54.7 Å². The number of anilines is 1. The van der Waals surface area contributed by atoms with Crippen LogP contribution in [0.3, 0.4) is 0 Å². The number of hydrogen-bond donors (Lipinski definition) is 1. The molecule has 0 bridgehead atoms. The van der Waals surface area contributed by atoms with Crippen LogP contribution in [0.15, 0.2) is 53.3 Å². The van der Waals surface area contributed by atoms with Crippen LogP contribution in [-0.2, 0) is 6.42 Å². The van der Waals surface area contributed by atoms with Gasteiger partial charge in [-0.05, 0) is 31.2 Å². The van der Waals surface area contributed by atoms with E-state index in [1.165, 1.54) is 0 Å². The molecule has 3 heterocycles. The molecule has 1 aliphatic heterocycles. The number of aromatic nitrogens is 3. The molecule has 0 atom stereocenters. The Balaban J connectivity index is 1.29. The van der Waals surface area contributed by atoms with E-state index < -0.39 is 0 Å². The van der Waals surface area contributed by atoms with Gasteiger partial charge in [-0.25, -0.2) is 4.79 Å². The van der Waals surface area contributed by atoms with E-state index >= 15 is 0 Å². The van der Waals surface area contributed by atoms with Gasteiger partial charge < -0.3 is 19.5 Å². The molecule has 0 saturated carbocycles. The third-order valence-corrected chi connectivity index (χ3v) is 4.52. The smallest absolute Gasteiger partial charge is 0.321 e. The standard InChI is InChI=1S/C20H21N5O3/c1-2-27-17-8-4-3-7-16(17)22-20(26)25-12-14(13-25)10-18-23-19(24-28-18)15-6-5-9-21-11-15/h3-9,11,14H,2,10,12-13H2,1H3,(H,22,26). The van der Waals surface area contributed by atoms with Gasteiger partial charge in [-0.2, -0.15) is 4.98 Å². The predicted octanol–water partition coefficient (Wildman–Crippen LogP) is 3.24. The van der Waals surface area contributed by atoms with Crippen molar-refractivity contribution in [1.29, 1.82) is 0 Å². The Morgan fingerprint density at radius 2 is 2.14 bits per heavy atom. The van der Waals surface area contributed by atoms with E-state index in [4.69, 9.17) is 9.26 Å². The summed E-state index contributed by atoms with van der Waals surface area (Å²) < 4.78 is 10.9. The highest BCUT2D eigenvalue weighted by molar-refractivity contribution is 5.91. The van der Waals surface area contributed by atoms with Crippen LogP contribution >= 0.6 is 0 Å². The van der Waals surface area contributed by atoms with Gasteiger partial charge in [0.05, 0.1) is 12.3 Å². The van der Waals surface area contributed by atoms with Gasteiger partial charge in [0.2, 0.25) is 11.7 Å². The molecule has 2 amide bonds. The lowest BCUT2D eigenvalue weighted by atomic mass is 9.97. The molecule has 3 aromatic rings. The summed E-state index contributed by atoms with van der Waals surface area (Å²) >= 11 is 0. The number of nitrogens with zero attached hydrogens (tertiary/aromatic N) is 4. The first-order valence-electron chi connectivity index (χ1n) is 9.23. The molecule has 2 aromatic heterocycles. The Morgan fingerprint density at radius 1 is 1.29 bits per heavy atom. The molecule has 8 nitrogen and oxygen atoms in total. The van der Waals surface area contributed by atoms with Gasteiger partial charge in [0.15, 0.2) is 0 Å².